The van der Waals surface area contributed by atoms with Crippen molar-refractivity contribution < 1.29 is 8.42 Å². The number of rotatable bonds is 3. The highest BCUT2D eigenvalue weighted by Crippen LogP contribution is 2.25. The maximum atomic E-state index is 12.6. The van der Waals surface area contributed by atoms with Gasteiger partial charge in [0.1, 0.15) is 6.07 Å². The number of nitrogens with one attached hydrogen (secondary N) is 1. The lowest BCUT2D eigenvalue weighted by Crippen LogP contribution is -2.13. The molecule has 0 aliphatic carbocycles. The summed E-state index contributed by atoms with van der Waals surface area (Å²) in [4.78, 5) is 0.125. The number of sulfonamides is 1. The Bertz CT molecular complexity index is 1040. The maximum absolute atomic E-state index is 12.6. The molecule has 0 atom stereocenters. The van der Waals surface area contributed by atoms with Crippen molar-refractivity contribution >= 4 is 38.1 Å². The molecular weight excluding hydrogens is 332 g/mol. The zero-order valence-corrected chi connectivity index (χ0v) is 13.4. The van der Waals surface area contributed by atoms with Gasteiger partial charge < -0.3 is 0 Å². The van der Waals surface area contributed by atoms with E-state index in [1.165, 1.54) is 24.3 Å². The number of anilines is 1. The molecule has 0 aromatic heterocycles. The fourth-order valence-corrected chi connectivity index (χ4v) is 3.51. The van der Waals surface area contributed by atoms with E-state index in [0.717, 1.165) is 10.8 Å². The molecule has 6 heteroatoms. The highest BCUT2D eigenvalue weighted by atomic mass is 35.5. The van der Waals surface area contributed by atoms with Crippen LogP contribution in [-0.4, -0.2) is 8.42 Å². The summed E-state index contributed by atoms with van der Waals surface area (Å²) in [6.45, 7) is 0. The van der Waals surface area contributed by atoms with E-state index in [2.05, 4.69) is 4.72 Å². The number of nitrogens with zero attached hydrogens (tertiary/aromatic N) is 1. The highest BCUT2D eigenvalue weighted by molar-refractivity contribution is 7.92. The third-order valence-electron chi connectivity index (χ3n) is 3.38. The molecule has 0 heterocycles. The van der Waals surface area contributed by atoms with Gasteiger partial charge in [-0.15, -0.1) is 0 Å². The molecule has 0 unspecified atom stereocenters. The predicted octanol–water partition coefficient (Wildman–Crippen LogP) is 4.17. The van der Waals surface area contributed by atoms with Crippen LogP contribution in [0.4, 0.5) is 5.69 Å². The SMILES string of the molecule is N#Cc1ccc(Cl)cc1NS(=O)(=O)c1ccc2ccccc2c1. The summed E-state index contributed by atoms with van der Waals surface area (Å²) in [5.41, 5.74) is 0.368. The molecule has 3 aromatic rings. The average molecular weight is 343 g/mol. The van der Waals surface area contributed by atoms with Gasteiger partial charge in [0, 0.05) is 5.02 Å². The molecule has 1 N–H and O–H groups in total. The van der Waals surface area contributed by atoms with Gasteiger partial charge in [-0.05, 0) is 41.1 Å². The first-order valence-electron chi connectivity index (χ1n) is 6.71. The van der Waals surface area contributed by atoms with Crippen LogP contribution in [0.5, 0.6) is 0 Å². The Hall–Kier alpha value is -2.55. The first kappa shape index (κ1) is 15.3. The predicted molar refractivity (Wildman–Crippen MR) is 90.9 cm³/mol. The monoisotopic (exact) mass is 342 g/mol. The molecule has 3 rings (SSSR count). The largest absolute Gasteiger partial charge is 0.278 e. The summed E-state index contributed by atoms with van der Waals surface area (Å²) < 4.78 is 27.5. The summed E-state index contributed by atoms with van der Waals surface area (Å²) in [7, 11) is -3.81. The Kier molecular flexibility index (Phi) is 3.95. The zero-order valence-electron chi connectivity index (χ0n) is 11.8. The first-order chi connectivity index (χ1) is 11.0. The topological polar surface area (TPSA) is 70.0 Å². The summed E-state index contributed by atoms with van der Waals surface area (Å²) in [6.07, 6.45) is 0. The summed E-state index contributed by atoms with van der Waals surface area (Å²) in [5.74, 6) is 0. The normalized spacial score (nSPS) is 11.1. The van der Waals surface area contributed by atoms with Crippen molar-refractivity contribution in [3.8, 4) is 6.07 Å². The molecule has 0 fully saturated rings. The van der Waals surface area contributed by atoms with E-state index in [9.17, 15) is 8.42 Å². The molecule has 23 heavy (non-hydrogen) atoms. The van der Waals surface area contributed by atoms with Gasteiger partial charge in [0.2, 0.25) is 0 Å². The van der Waals surface area contributed by atoms with Gasteiger partial charge in [-0.25, -0.2) is 8.42 Å². The maximum Gasteiger partial charge on any atom is 0.261 e. The van der Waals surface area contributed by atoms with E-state index in [4.69, 9.17) is 16.9 Å². The van der Waals surface area contributed by atoms with Crippen molar-refractivity contribution in [1.82, 2.24) is 0 Å². The number of fused-ring (bicyclic) bond motifs is 1. The molecule has 0 amide bonds. The Morgan fingerprint density at radius 1 is 0.957 bits per heavy atom. The summed E-state index contributed by atoms with van der Waals surface area (Å²) in [6, 6.07) is 18.7. The minimum Gasteiger partial charge on any atom is -0.278 e. The van der Waals surface area contributed by atoms with Crippen LogP contribution >= 0.6 is 11.6 Å². The molecule has 0 aliphatic rings. The number of nitriles is 1. The molecule has 4 nitrogen and oxygen atoms in total. The van der Waals surface area contributed by atoms with Crippen LogP contribution in [0.3, 0.4) is 0 Å². The van der Waals surface area contributed by atoms with E-state index >= 15 is 0 Å². The number of halogens is 1. The molecular formula is C17H11ClN2O2S. The van der Waals surface area contributed by atoms with Crippen molar-refractivity contribution in [2.75, 3.05) is 4.72 Å². The Morgan fingerprint density at radius 2 is 1.70 bits per heavy atom. The minimum atomic E-state index is -3.81. The molecule has 0 spiro atoms. The van der Waals surface area contributed by atoms with Gasteiger partial charge >= 0.3 is 0 Å². The molecule has 0 saturated heterocycles. The van der Waals surface area contributed by atoms with Crippen molar-refractivity contribution in [3.63, 3.8) is 0 Å². The first-order valence-corrected chi connectivity index (χ1v) is 8.57. The van der Waals surface area contributed by atoms with Gasteiger partial charge in [0.05, 0.1) is 16.1 Å². The second kappa shape index (κ2) is 5.92. The van der Waals surface area contributed by atoms with E-state index in [0.29, 0.717) is 5.02 Å². The van der Waals surface area contributed by atoms with Crippen molar-refractivity contribution in [3.05, 3.63) is 71.2 Å². The van der Waals surface area contributed by atoms with Crippen LogP contribution in [-0.2, 0) is 10.0 Å². The lowest BCUT2D eigenvalue weighted by Gasteiger charge is -2.10. The van der Waals surface area contributed by atoms with Crippen molar-refractivity contribution in [2.24, 2.45) is 0 Å². The van der Waals surface area contributed by atoms with Gasteiger partial charge in [0.25, 0.3) is 10.0 Å². The number of hydrogen-bond donors (Lipinski definition) is 1. The molecule has 0 radical (unpaired) electrons. The van der Waals surface area contributed by atoms with E-state index in [1.54, 1.807) is 12.1 Å². The van der Waals surface area contributed by atoms with Crippen molar-refractivity contribution in [1.29, 1.82) is 5.26 Å². The van der Waals surface area contributed by atoms with Gasteiger partial charge in [0.15, 0.2) is 0 Å². The highest BCUT2D eigenvalue weighted by Gasteiger charge is 2.17. The lowest BCUT2D eigenvalue weighted by molar-refractivity contribution is 0.601. The molecule has 114 valence electrons. The van der Waals surface area contributed by atoms with Crippen LogP contribution in [0.1, 0.15) is 5.56 Å². The molecule has 0 saturated carbocycles. The Balaban J connectivity index is 2.04. The van der Waals surface area contributed by atoms with Crippen LogP contribution in [0.2, 0.25) is 5.02 Å². The second-order valence-electron chi connectivity index (χ2n) is 4.92. The second-order valence-corrected chi connectivity index (χ2v) is 7.04. The fraction of sp³-hybridized carbons (Fsp3) is 0. The lowest BCUT2D eigenvalue weighted by atomic mass is 10.1. The van der Waals surface area contributed by atoms with E-state index in [-0.39, 0.29) is 16.1 Å². The summed E-state index contributed by atoms with van der Waals surface area (Å²) >= 11 is 5.88. The smallest absolute Gasteiger partial charge is 0.261 e. The standard InChI is InChI=1S/C17H11ClN2O2S/c18-15-7-5-14(11-19)17(10-15)20-23(21,22)16-8-6-12-3-1-2-4-13(12)9-16/h1-10,20H. The third-order valence-corrected chi connectivity index (χ3v) is 4.98. The van der Waals surface area contributed by atoms with Crippen LogP contribution in [0.15, 0.2) is 65.6 Å². The summed E-state index contributed by atoms with van der Waals surface area (Å²) in [5, 5.41) is 11.2. The molecule has 0 aliphatic heterocycles. The third kappa shape index (κ3) is 3.14. The minimum absolute atomic E-state index is 0.125. The molecule has 3 aromatic carbocycles. The number of benzene rings is 3. The quantitative estimate of drug-likeness (QED) is 0.776. The fourth-order valence-electron chi connectivity index (χ4n) is 2.24. The van der Waals surface area contributed by atoms with Crippen LogP contribution < -0.4 is 4.72 Å². The Labute approximate surface area is 139 Å². The number of hydrogen-bond acceptors (Lipinski definition) is 3. The van der Waals surface area contributed by atoms with Gasteiger partial charge in [-0.3, -0.25) is 4.72 Å². The zero-order chi connectivity index (χ0) is 16.4. The molecule has 0 bridgehead atoms. The van der Waals surface area contributed by atoms with Crippen LogP contribution in [0.25, 0.3) is 10.8 Å². The van der Waals surface area contributed by atoms with E-state index in [1.807, 2.05) is 30.3 Å². The van der Waals surface area contributed by atoms with Gasteiger partial charge in [-0.2, -0.15) is 5.26 Å². The average Bonchev–Trinajstić information content (AvgIpc) is 2.54. The van der Waals surface area contributed by atoms with Gasteiger partial charge in [-0.1, -0.05) is 41.9 Å². The van der Waals surface area contributed by atoms with Crippen LogP contribution in [0, 0.1) is 11.3 Å². The van der Waals surface area contributed by atoms with Crippen molar-refractivity contribution in [2.45, 2.75) is 4.90 Å². The van der Waals surface area contributed by atoms with E-state index < -0.39 is 10.0 Å². The Morgan fingerprint density at radius 3 is 2.43 bits per heavy atom.